The molecule has 1 N–H and O–H groups in total. The quantitative estimate of drug-likeness (QED) is 0.187. The van der Waals surface area contributed by atoms with Crippen LogP contribution in [0.25, 0.3) is 0 Å². The number of ether oxygens (including phenoxy) is 3. The fourth-order valence-corrected chi connectivity index (χ4v) is 5.14. The Morgan fingerprint density at radius 1 is 1.05 bits per heavy atom. The van der Waals surface area contributed by atoms with E-state index in [0.29, 0.717) is 23.7 Å². The number of alkyl halides is 2. The zero-order valence-corrected chi connectivity index (χ0v) is 22.7. The largest absolute Gasteiger partial charge is 0.489 e. The van der Waals surface area contributed by atoms with Crippen LogP contribution < -0.4 is 14.5 Å². The molecule has 0 aliphatic heterocycles. The van der Waals surface area contributed by atoms with Crippen molar-refractivity contribution in [2.24, 2.45) is 5.92 Å². The number of nitrogens with one attached hydrogen (secondary N) is 1. The molecule has 1 heterocycles. The predicted octanol–water partition coefficient (Wildman–Crippen LogP) is 6.01. The number of benzene rings is 2. The maximum Gasteiger partial charge on any atom is 0.387 e. The number of halogens is 4. The first kappa shape index (κ1) is 28.8. The van der Waals surface area contributed by atoms with Crippen LogP contribution in [0.1, 0.15) is 30.1 Å². The topological polar surface area (TPSA) is 93.0 Å². The summed E-state index contributed by atoms with van der Waals surface area (Å²) in [5, 5.41) is 1.30. The molecule has 12 heteroatoms. The summed E-state index contributed by atoms with van der Waals surface area (Å²) in [6.07, 6.45) is 4.71. The van der Waals surface area contributed by atoms with Crippen LogP contribution in [0, 0.1) is 5.92 Å². The van der Waals surface area contributed by atoms with Crippen molar-refractivity contribution in [1.82, 2.24) is 0 Å². The lowest BCUT2D eigenvalue weighted by Gasteiger charge is -2.20. The lowest BCUT2D eigenvalue weighted by Crippen LogP contribution is -2.15. The van der Waals surface area contributed by atoms with Gasteiger partial charge >= 0.3 is 12.6 Å². The van der Waals surface area contributed by atoms with Gasteiger partial charge in [0, 0.05) is 23.5 Å². The summed E-state index contributed by atoms with van der Waals surface area (Å²) < 4.78 is 67.1. The third kappa shape index (κ3) is 8.14. The number of esters is 1. The number of hydrogen-bond donors (Lipinski definition) is 0. The first-order valence-corrected chi connectivity index (χ1v) is 14.2. The summed E-state index contributed by atoms with van der Waals surface area (Å²) in [6.45, 7) is -2.75. The van der Waals surface area contributed by atoms with Gasteiger partial charge in [-0.15, -0.1) is 0 Å². The summed E-state index contributed by atoms with van der Waals surface area (Å²) >= 11 is 12.6. The SMILES string of the molecule is O=C(/C=C\S(=O)(=O)c1ccccc1)O[C@@H](Cc1c(Cl)c[nH+]cc1Cl)c1ccc(OC(F)F)c(OCC2CC2)c1. The van der Waals surface area contributed by atoms with Crippen molar-refractivity contribution >= 4 is 39.0 Å². The molecule has 1 aliphatic rings. The normalized spacial score (nSPS) is 14.4. The van der Waals surface area contributed by atoms with E-state index in [-0.39, 0.29) is 32.9 Å². The second-order valence-corrected chi connectivity index (χ2v) is 11.4. The minimum absolute atomic E-state index is 0.00548. The van der Waals surface area contributed by atoms with Crippen LogP contribution >= 0.6 is 23.2 Å². The Labute approximate surface area is 234 Å². The number of sulfone groups is 1. The van der Waals surface area contributed by atoms with Crippen molar-refractivity contribution in [3.05, 3.63) is 93.6 Å². The average Bonchev–Trinajstić information content (AvgIpc) is 3.73. The molecule has 0 spiro atoms. The molecule has 0 amide bonds. The number of rotatable bonds is 12. The van der Waals surface area contributed by atoms with E-state index in [1.807, 2.05) is 0 Å². The third-order valence-corrected chi connectivity index (χ3v) is 7.92. The maximum absolute atomic E-state index is 13.0. The standard InChI is InChI=1S/C27H23Cl2F2NO6S/c28-21-14-32-15-22(29)20(21)13-24(37-26(33)10-11-39(34,35)19-4-2-1-3-5-19)18-8-9-23(38-27(30)31)25(12-18)36-16-17-6-7-17/h1-5,8-12,14-15,17,24,27H,6-7,13,16H2/p+1/b11-10-/t24-/m0/s1. The van der Waals surface area contributed by atoms with Gasteiger partial charge in [0.25, 0.3) is 0 Å². The van der Waals surface area contributed by atoms with Gasteiger partial charge in [-0.2, -0.15) is 8.78 Å². The van der Waals surface area contributed by atoms with E-state index in [1.165, 1.54) is 42.7 Å². The molecule has 7 nitrogen and oxygen atoms in total. The fourth-order valence-electron chi connectivity index (χ4n) is 3.62. The first-order chi connectivity index (χ1) is 18.6. The van der Waals surface area contributed by atoms with E-state index in [1.54, 1.807) is 18.2 Å². The van der Waals surface area contributed by atoms with Crippen LogP contribution in [0.15, 0.2) is 77.3 Å². The van der Waals surface area contributed by atoms with Crippen molar-refractivity contribution in [3.8, 4) is 11.5 Å². The number of carbonyl (C=O) groups is 1. The molecule has 0 saturated heterocycles. The molecular weight excluding hydrogens is 575 g/mol. The molecule has 1 aromatic heterocycles. The summed E-state index contributed by atoms with van der Waals surface area (Å²) in [5.41, 5.74) is 0.819. The van der Waals surface area contributed by atoms with Gasteiger partial charge in [0.05, 0.1) is 11.5 Å². The summed E-state index contributed by atoms with van der Waals surface area (Å²) in [7, 11) is -3.90. The monoisotopic (exact) mass is 598 g/mol. The number of hydrogen-bond acceptors (Lipinski definition) is 6. The molecule has 2 aromatic carbocycles. The molecule has 1 aliphatic carbocycles. The summed E-state index contributed by atoms with van der Waals surface area (Å²) in [4.78, 5) is 15.6. The second-order valence-electron chi connectivity index (χ2n) is 8.76. The third-order valence-electron chi connectivity index (χ3n) is 5.83. The average molecular weight is 599 g/mol. The lowest BCUT2D eigenvalue weighted by molar-refractivity contribution is -0.377. The zero-order valence-electron chi connectivity index (χ0n) is 20.4. The van der Waals surface area contributed by atoms with Gasteiger partial charge < -0.3 is 14.2 Å². The van der Waals surface area contributed by atoms with Crippen LogP contribution in [0.3, 0.4) is 0 Å². The number of H-pyrrole nitrogens is 1. The van der Waals surface area contributed by atoms with E-state index in [2.05, 4.69) is 9.72 Å². The van der Waals surface area contributed by atoms with Crippen molar-refractivity contribution in [1.29, 1.82) is 0 Å². The molecule has 0 unspecified atom stereocenters. The van der Waals surface area contributed by atoms with Gasteiger partial charge in [-0.3, -0.25) is 0 Å². The summed E-state index contributed by atoms with van der Waals surface area (Å²) in [5.74, 6) is -0.737. The summed E-state index contributed by atoms with van der Waals surface area (Å²) in [6, 6.07) is 11.8. The Balaban J connectivity index is 1.63. The Hall–Kier alpha value is -3.21. The molecule has 1 saturated carbocycles. The molecule has 0 radical (unpaired) electrons. The number of aromatic amines is 1. The van der Waals surface area contributed by atoms with Crippen molar-refractivity contribution < 1.29 is 41.2 Å². The molecule has 1 fully saturated rings. The smallest absolute Gasteiger partial charge is 0.387 e. The van der Waals surface area contributed by atoms with Gasteiger partial charge in [-0.1, -0.05) is 47.5 Å². The van der Waals surface area contributed by atoms with Gasteiger partial charge in [-0.25, -0.2) is 18.2 Å². The minimum atomic E-state index is -3.90. The second kappa shape index (κ2) is 12.8. The predicted molar refractivity (Wildman–Crippen MR) is 140 cm³/mol. The zero-order chi connectivity index (χ0) is 28.0. The molecule has 3 aromatic rings. The Morgan fingerprint density at radius 2 is 1.74 bits per heavy atom. The van der Waals surface area contributed by atoms with Crippen molar-refractivity contribution in [2.75, 3.05) is 6.61 Å². The Morgan fingerprint density at radius 3 is 2.38 bits per heavy atom. The minimum Gasteiger partial charge on any atom is -0.489 e. The maximum atomic E-state index is 13.0. The van der Waals surface area contributed by atoms with Crippen LogP contribution in [0.2, 0.25) is 10.0 Å². The van der Waals surface area contributed by atoms with Gasteiger partial charge in [0.1, 0.15) is 16.1 Å². The van der Waals surface area contributed by atoms with Gasteiger partial charge in [0.15, 0.2) is 33.7 Å². The van der Waals surface area contributed by atoms with Crippen molar-refractivity contribution in [2.45, 2.75) is 36.9 Å². The van der Waals surface area contributed by atoms with Crippen LogP contribution in [0.4, 0.5) is 8.78 Å². The molecule has 4 rings (SSSR count). The van der Waals surface area contributed by atoms with Crippen molar-refractivity contribution in [3.63, 3.8) is 0 Å². The molecular formula is C27H24Cl2F2NO6S+. The Kier molecular flexibility index (Phi) is 9.42. The lowest BCUT2D eigenvalue weighted by atomic mass is 10.0. The molecule has 0 bridgehead atoms. The fraction of sp³-hybridized carbons (Fsp3) is 0.259. The van der Waals surface area contributed by atoms with Crippen LogP contribution in [-0.2, 0) is 25.8 Å². The molecule has 39 heavy (non-hydrogen) atoms. The number of carbonyl (C=O) groups excluding carboxylic acids is 1. The molecule has 206 valence electrons. The highest BCUT2D eigenvalue weighted by atomic mass is 35.5. The van der Waals surface area contributed by atoms with E-state index >= 15 is 0 Å². The molecule has 1 atom stereocenters. The number of pyridine rings is 1. The highest BCUT2D eigenvalue weighted by Crippen LogP contribution is 2.37. The van der Waals surface area contributed by atoms with Gasteiger partial charge in [0.2, 0.25) is 0 Å². The highest BCUT2D eigenvalue weighted by Gasteiger charge is 2.26. The van der Waals surface area contributed by atoms with Gasteiger partial charge in [-0.05, 0) is 48.6 Å². The van der Waals surface area contributed by atoms with E-state index < -0.39 is 28.5 Å². The Bertz CT molecular complexity index is 1430. The van der Waals surface area contributed by atoms with E-state index in [0.717, 1.165) is 24.3 Å². The van der Waals surface area contributed by atoms with Crippen LogP contribution in [-0.4, -0.2) is 27.6 Å². The number of aromatic nitrogens is 1. The van der Waals surface area contributed by atoms with E-state index in [9.17, 15) is 22.0 Å². The van der Waals surface area contributed by atoms with E-state index in [4.69, 9.17) is 32.7 Å². The first-order valence-electron chi connectivity index (χ1n) is 11.9. The van der Waals surface area contributed by atoms with Crippen LogP contribution in [0.5, 0.6) is 11.5 Å². The highest BCUT2D eigenvalue weighted by molar-refractivity contribution is 7.94.